The number of aromatic nitrogens is 2. The van der Waals surface area contributed by atoms with Crippen molar-refractivity contribution >= 4 is 27.5 Å². The van der Waals surface area contributed by atoms with E-state index in [4.69, 9.17) is 0 Å². The van der Waals surface area contributed by atoms with Crippen LogP contribution < -0.4 is 5.48 Å². The van der Waals surface area contributed by atoms with Crippen molar-refractivity contribution in [1.82, 2.24) is 15.3 Å². The third-order valence-corrected chi connectivity index (χ3v) is 4.42. The van der Waals surface area contributed by atoms with E-state index < -0.39 is 0 Å². The highest BCUT2D eigenvalue weighted by Gasteiger charge is 2.16. The molecule has 0 aliphatic carbocycles. The Balaban J connectivity index is 1.95. The molecule has 2 heterocycles. The van der Waals surface area contributed by atoms with Crippen molar-refractivity contribution in [3.05, 3.63) is 52.3 Å². The summed E-state index contributed by atoms with van der Waals surface area (Å²) in [4.78, 5) is 17.9. The van der Waals surface area contributed by atoms with Crippen molar-refractivity contribution in [2.75, 3.05) is 7.11 Å². The van der Waals surface area contributed by atoms with Gasteiger partial charge in [-0.1, -0.05) is 12.1 Å². The number of carbonyl (C=O) groups is 1. The van der Waals surface area contributed by atoms with Gasteiger partial charge in [0.1, 0.15) is 10.6 Å². The van der Waals surface area contributed by atoms with Gasteiger partial charge in [0.15, 0.2) is 0 Å². The Bertz CT molecular complexity index is 823. The number of fused-ring (bicyclic) bond motifs is 1. The molecule has 1 amide bonds. The van der Waals surface area contributed by atoms with E-state index in [2.05, 4.69) is 15.4 Å². The topological polar surface area (TPSA) is 56.1 Å². The van der Waals surface area contributed by atoms with Crippen molar-refractivity contribution in [2.24, 2.45) is 0 Å². The number of hydrogen-bond acceptors (Lipinski definition) is 4. The van der Waals surface area contributed by atoms with Crippen LogP contribution in [0.3, 0.4) is 0 Å². The number of benzene rings is 1. The molecule has 0 radical (unpaired) electrons. The molecule has 0 spiro atoms. The first kappa shape index (κ1) is 14.7. The van der Waals surface area contributed by atoms with E-state index in [1.165, 1.54) is 30.6 Å². The second-order valence-corrected chi connectivity index (χ2v) is 5.86. The van der Waals surface area contributed by atoms with Gasteiger partial charge in [-0.3, -0.25) is 14.3 Å². The van der Waals surface area contributed by atoms with Gasteiger partial charge in [-0.15, -0.1) is 11.3 Å². The molecule has 0 aliphatic rings. The summed E-state index contributed by atoms with van der Waals surface area (Å²) in [6, 6.07) is 8.11. The summed E-state index contributed by atoms with van der Waals surface area (Å²) >= 11 is 1.35. The lowest BCUT2D eigenvalue weighted by Gasteiger charge is -2.03. The fraction of sp³-hybridized carbons (Fsp3) is 0.200. The van der Waals surface area contributed by atoms with E-state index in [1.807, 2.05) is 11.6 Å². The van der Waals surface area contributed by atoms with Gasteiger partial charge in [0.05, 0.1) is 24.2 Å². The number of carbonyl (C=O) groups excluding carboxylic acids is 1. The Morgan fingerprint density at radius 2 is 2.14 bits per heavy atom. The lowest BCUT2D eigenvalue weighted by atomic mass is 10.2. The van der Waals surface area contributed by atoms with Crippen molar-refractivity contribution in [2.45, 2.75) is 13.5 Å². The molecule has 1 aromatic carbocycles. The molecule has 0 saturated carbocycles. The van der Waals surface area contributed by atoms with Gasteiger partial charge >= 0.3 is 0 Å². The number of amides is 1. The smallest absolute Gasteiger partial charge is 0.277 e. The number of hydroxylamine groups is 1. The summed E-state index contributed by atoms with van der Waals surface area (Å²) in [6.07, 6.45) is 0. The van der Waals surface area contributed by atoms with Gasteiger partial charge < -0.3 is 0 Å². The van der Waals surface area contributed by atoms with Gasteiger partial charge in [-0.05, 0) is 30.7 Å². The molecular weight excluding hydrogens is 305 g/mol. The van der Waals surface area contributed by atoms with Crippen LogP contribution in [0.4, 0.5) is 4.39 Å². The molecule has 0 fully saturated rings. The van der Waals surface area contributed by atoms with Gasteiger partial charge in [0, 0.05) is 5.39 Å². The first-order valence-electron chi connectivity index (χ1n) is 6.63. The molecule has 0 atom stereocenters. The van der Waals surface area contributed by atoms with E-state index in [9.17, 15) is 9.18 Å². The average molecular weight is 319 g/mol. The Kier molecular flexibility index (Phi) is 3.91. The van der Waals surface area contributed by atoms with Gasteiger partial charge in [0.2, 0.25) is 0 Å². The molecule has 2 aromatic heterocycles. The molecule has 0 saturated heterocycles. The molecule has 3 aromatic rings. The zero-order chi connectivity index (χ0) is 15.7. The number of halogens is 1. The van der Waals surface area contributed by atoms with Crippen LogP contribution in [0.25, 0.3) is 10.2 Å². The van der Waals surface area contributed by atoms with Gasteiger partial charge in [0.25, 0.3) is 5.91 Å². The van der Waals surface area contributed by atoms with Crippen LogP contribution >= 0.6 is 11.3 Å². The van der Waals surface area contributed by atoms with E-state index in [0.29, 0.717) is 11.4 Å². The second-order valence-electron chi connectivity index (χ2n) is 4.83. The Hall–Kier alpha value is -2.25. The fourth-order valence-electron chi connectivity index (χ4n) is 2.24. The summed E-state index contributed by atoms with van der Waals surface area (Å²) in [5.41, 5.74) is 4.11. The van der Waals surface area contributed by atoms with Crippen LogP contribution in [0.15, 0.2) is 30.3 Å². The first-order chi connectivity index (χ1) is 10.6. The summed E-state index contributed by atoms with van der Waals surface area (Å²) in [5.74, 6) is -0.545. The highest BCUT2D eigenvalue weighted by atomic mass is 32.1. The Morgan fingerprint density at radius 1 is 1.41 bits per heavy atom. The number of nitrogens with one attached hydrogen (secondary N) is 1. The lowest BCUT2D eigenvalue weighted by Crippen LogP contribution is -2.20. The van der Waals surface area contributed by atoms with Crippen LogP contribution in [0.5, 0.6) is 0 Å². The predicted octanol–water partition coefficient (Wildman–Crippen LogP) is 2.88. The monoisotopic (exact) mass is 319 g/mol. The molecule has 5 nitrogen and oxygen atoms in total. The highest BCUT2D eigenvalue weighted by Crippen LogP contribution is 2.28. The minimum absolute atomic E-state index is 0.264. The zero-order valence-corrected chi connectivity index (χ0v) is 12.9. The van der Waals surface area contributed by atoms with Crippen molar-refractivity contribution in [1.29, 1.82) is 0 Å². The van der Waals surface area contributed by atoms with E-state index >= 15 is 0 Å². The quantitative estimate of drug-likeness (QED) is 0.752. The fourth-order valence-corrected chi connectivity index (χ4v) is 3.28. The summed E-state index contributed by atoms with van der Waals surface area (Å²) in [5, 5.41) is 5.42. The summed E-state index contributed by atoms with van der Waals surface area (Å²) < 4.78 is 14.8. The number of aryl methyl sites for hydroxylation is 1. The van der Waals surface area contributed by atoms with Crippen LogP contribution in [-0.4, -0.2) is 22.8 Å². The second kappa shape index (κ2) is 5.86. The van der Waals surface area contributed by atoms with E-state index in [-0.39, 0.29) is 11.7 Å². The van der Waals surface area contributed by atoms with Crippen molar-refractivity contribution < 1.29 is 14.0 Å². The van der Waals surface area contributed by atoms with Crippen LogP contribution in [-0.2, 0) is 11.4 Å². The van der Waals surface area contributed by atoms with E-state index in [0.717, 1.165) is 21.5 Å². The maximum Gasteiger partial charge on any atom is 0.284 e. The number of nitrogens with zero attached hydrogens (tertiary/aromatic N) is 2. The van der Waals surface area contributed by atoms with Crippen LogP contribution in [0.2, 0.25) is 0 Å². The summed E-state index contributed by atoms with van der Waals surface area (Å²) in [7, 11) is 1.40. The molecule has 114 valence electrons. The Labute approximate surface area is 130 Å². The first-order valence-corrected chi connectivity index (χ1v) is 7.45. The number of thiophene rings is 1. The van der Waals surface area contributed by atoms with Gasteiger partial charge in [-0.2, -0.15) is 5.10 Å². The molecule has 1 N–H and O–H groups in total. The standard InChI is InChI=1S/C15H14FN3O2S/c1-9-12-7-13(14(20)18-21-2)22-15(12)19(17-9)8-10-3-5-11(16)6-4-10/h3-7H,8H2,1-2H3,(H,18,20). The van der Waals surface area contributed by atoms with Crippen LogP contribution in [0, 0.1) is 12.7 Å². The molecule has 0 aliphatic heterocycles. The molecule has 7 heteroatoms. The molecule has 3 rings (SSSR count). The number of hydrogen-bond donors (Lipinski definition) is 1. The lowest BCUT2D eigenvalue weighted by molar-refractivity contribution is 0.0542. The van der Waals surface area contributed by atoms with Crippen molar-refractivity contribution in [3.8, 4) is 0 Å². The van der Waals surface area contributed by atoms with Crippen LogP contribution in [0.1, 0.15) is 20.9 Å². The normalized spacial score (nSPS) is 11.0. The van der Waals surface area contributed by atoms with Gasteiger partial charge in [-0.25, -0.2) is 9.87 Å². The average Bonchev–Trinajstić information content (AvgIpc) is 3.04. The maximum atomic E-state index is 13.0. The third kappa shape index (κ3) is 2.72. The molecule has 0 bridgehead atoms. The molecular formula is C15H14FN3O2S. The summed E-state index contributed by atoms with van der Waals surface area (Å²) in [6.45, 7) is 2.42. The predicted molar refractivity (Wildman–Crippen MR) is 82.3 cm³/mol. The highest BCUT2D eigenvalue weighted by molar-refractivity contribution is 7.20. The minimum atomic E-state index is -0.281. The van der Waals surface area contributed by atoms with E-state index in [1.54, 1.807) is 18.2 Å². The zero-order valence-electron chi connectivity index (χ0n) is 12.1. The minimum Gasteiger partial charge on any atom is -0.277 e. The number of rotatable bonds is 4. The maximum absolute atomic E-state index is 13.0. The molecule has 0 unspecified atom stereocenters. The molecule has 22 heavy (non-hydrogen) atoms. The largest absolute Gasteiger partial charge is 0.284 e. The Morgan fingerprint density at radius 3 is 2.82 bits per heavy atom. The SMILES string of the molecule is CONC(=O)c1cc2c(C)nn(Cc3ccc(F)cc3)c2s1. The third-order valence-electron chi connectivity index (χ3n) is 3.27. The van der Waals surface area contributed by atoms with Crippen molar-refractivity contribution in [3.63, 3.8) is 0 Å².